The zero-order valence-electron chi connectivity index (χ0n) is 14.8. The third-order valence-corrected chi connectivity index (χ3v) is 5.26. The van der Waals surface area contributed by atoms with Crippen LogP contribution in [0, 0.1) is 5.92 Å². The van der Waals surface area contributed by atoms with Crippen molar-refractivity contribution in [2.75, 3.05) is 18.4 Å². The summed E-state index contributed by atoms with van der Waals surface area (Å²) in [6.45, 7) is 3.88. The van der Waals surface area contributed by atoms with Crippen LogP contribution >= 0.6 is 0 Å². The molecule has 2 N–H and O–H groups in total. The molecule has 5 nitrogen and oxygen atoms in total. The van der Waals surface area contributed by atoms with E-state index in [4.69, 9.17) is 4.74 Å². The molecular formula is C20H28N4O. The van der Waals surface area contributed by atoms with Crippen molar-refractivity contribution in [1.29, 1.82) is 0 Å². The lowest BCUT2D eigenvalue weighted by atomic mass is 9.98. The van der Waals surface area contributed by atoms with Gasteiger partial charge in [-0.3, -0.25) is 0 Å². The third kappa shape index (κ3) is 4.34. The molecular weight excluding hydrogens is 312 g/mol. The topological polar surface area (TPSA) is 51.1 Å². The summed E-state index contributed by atoms with van der Waals surface area (Å²) >= 11 is 0. The van der Waals surface area contributed by atoms with Gasteiger partial charge in [-0.05, 0) is 43.4 Å². The smallest absolute Gasteiger partial charge is 0.124 e. The Hall–Kier alpha value is -2.01. The molecule has 2 aliphatic rings. The van der Waals surface area contributed by atoms with E-state index in [1.54, 1.807) is 0 Å². The Kier molecular flexibility index (Phi) is 5.21. The predicted molar refractivity (Wildman–Crippen MR) is 99.9 cm³/mol. The van der Waals surface area contributed by atoms with E-state index in [9.17, 15) is 0 Å². The highest BCUT2D eigenvalue weighted by Crippen LogP contribution is 2.23. The van der Waals surface area contributed by atoms with E-state index >= 15 is 0 Å². The molecule has 1 unspecified atom stereocenters. The van der Waals surface area contributed by atoms with Gasteiger partial charge >= 0.3 is 0 Å². The molecule has 1 aromatic carbocycles. The molecule has 1 aliphatic heterocycles. The molecule has 5 heteroatoms. The number of hydrogen-bond acceptors (Lipinski definition) is 4. The fourth-order valence-electron chi connectivity index (χ4n) is 3.80. The first kappa shape index (κ1) is 16.5. The van der Waals surface area contributed by atoms with Crippen molar-refractivity contribution >= 4 is 5.82 Å². The minimum Gasteiger partial charge on any atom is -0.490 e. The first-order valence-corrected chi connectivity index (χ1v) is 9.59. The maximum absolute atomic E-state index is 6.10. The van der Waals surface area contributed by atoms with E-state index in [-0.39, 0.29) is 0 Å². The van der Waals surface area contributed by atoms with Crippen LogP contribution < -0.4 is 15.4 Å². The second kappa shape index (κ2) is 7.91. The molecule has 134 valence electrons. The Morgan fingerprint density at radius 2 is 1.96 bits per heavy atom. The SMILES string of the molecule is c1cc2n(n1)CC(CNCc1ccc(OC3CCCCC3)cc1)CN2. The molecule has 0 spiro atoms. The lowest BCUT2D eigenvalue weighted by Gasteiger charge is -2.25. The van der Waals surface area contributed by atoms with Crippen molar-refractivity contribution < 1.29 is 4.74 Å². The summed E-state index contributed by atoms with van der Waals surface area (Å²) in [5, 5.41) is 11.3. The monoisotopic (exact) mass is 340 g/mol. The number of benzene rings is 1. The fraction of sp³-hybridized carbons (Fsp3) is 0.550. The Labute approximate surface area is 149 Å². The highest BCUT2D eigenvalue weighted by molar-refractivity contribution is 5.35. The summed E-state index contributed by atoms with van der Waals surface area (Å²) in [7, 11) is 0. The third-order valence-electron chi connectivity index (χ3n) is 5.26. The Morgan fingerprint density at radius 1 is 1.12 bits per heavy atom. The average molecular weight is 340 g/mol. The summed E-state index contributed by atoms with van der Waals surface area (Å²) in [5.74, 6) is 2.71. The summed E-state index contributed by atoms with van der Waals surface area (Å²) < 4.78 is 8.15. The standard InChI is InChI=1S/C20H28N4O/c1-2-4-18(5-3-1)25-19-8-6-16(7-9-19)12-21-13-17-14-22-20-10-11-23-24(20)15-17/h6-11,17-18,21-22H,1-5,12-15H2. The number of aromatic nitrogens is 2. The normalized spacial score (nSPS) is 20.7. The molecule has 1 saturated carbocycles. The lowest BCUT2D eigenvalue weighted by Crippen LogP contribution is -2.35. The zero-order chi connectivity index (χ0) is 16.9. The van der Waals surface area contributed by atoms with Crippen LogP contribution in [0.25, 0.3) is 0 Å². The minimum absolute atomic E-state index is 0.420. The van der Waals surface area contributed by atoms with Crippen LogP contribution in [-0.2, 0) is 13.1 Å². The minimum atomic E-state index is 0.420. The number of anilines is 1. The largest absolute Gasteiger partial charge is 0.490 e. The van der Waals surface area contributed by atoms with Crippen molar-refractivity contribution in [2.45, 2.75) is 51.3 Å². The van der Waals surface area contributed by atoms with Gasteiger partial charge in [0.1, 0.15) is 11.6 Å². The van der Waals surface area contributed by atoms with Crippen molar-refractivity contribution in [3.05, 3.63) is 42.1 Å². The first-order valence-electron chi connectivity index (χ1n) is 9.59. The zero-order valence-corrected chi connectivity index (χ0v) is 14.8. The maximum Gasteiger partial charge on any atom is 0.124 e. The van der Waals surface area contributed by atoms with E-state index in [1.807, 2.05) is 16.9 Å². The summed E-state index contributed by atoms with van der Waals surface area (Å²) in [4.78, 5) is 0. The van der Waals surface area contributed by atoms with Crippen LogP contribution in [0.15, 0.2) is 36.5 Å². The van der Waals surface area contributed by atoms with Gasteiger partial charge in [0.05, 0.1) is 12.3 Å². The summed E-state index contributed by atoms with van der Waals surface area (Å²) in [6, 6.07) is 10.6. The van der Waals surface area contributed by atoms with Crippen molar-refractivity contribution in [1.82, 2.24) is 15.1 Å². The number of fused-ring (bicyclic) bond motifs is 1. The molecule has 0 bridgehead atoms. The van der Waals surface area contributed by atoms with Gasteiger partial charge in [0.15, 0.2) is 0 Å². The average Bonchev–Trinajstić information content (AvgIpc) is 3.12. The van der Waals surface area contributed by atoms with Gasteiger partial charge in [0, 0.05) is 38.2 Å². The summed E-state index contributed by atoms with van der Waals surface area (Å²) in [6.07, 6.45) is 8.67. The van der Waals surface area contributed by atoms with E-state index in [0.29, 0.717) is 12.0 Å². The number of ether oxygens (including phenoxy) is 1. The molecule has 2 aromatic rings. The van der Waals surface area contributed by atoms with Gasteiger partial charge in [-0.2, -0.15) is 5.10 Å². The van der Waals surface area contributed by atoms with E-state index in [1.165, 1.54) is 37.7 Å². The molecule has 0 amide bonds. The maximum atomic E-state index is 6.10. The number of nitrogens with zero attached hydrogens (tertiary/aromatic N) is 2. The Morgan fingerprint density at radius 3 is 2.80 bits per heavy atom. The second-order valence-electron chi connectivity index (χ2n) is 7.30. The molecule has 1 atom stereocenters. The van der Waals surface area contributed by atoms with E-state index in [2.05, 4.69) is 40.0 Å². The van der Waals surface area contributed by atoms with Gasteiger partial charge in [0.25, 0.3) is 0 Å². The molecule has 0 saturated heterocycles. The first-order chi connectivity index (χ1) is 12.4. The predicted octanol–water partition coefficient (Wildman–Crippen LogP) is 3.43. The quantitative estimate of drug-likeness (QED) is 0.846. The van der Waals surface area contributed by atoms with Crippen LogP contribution in [-0.4, -0.2) is 29.0 Å². The van der Waals surface area contributed by atoms with Gasteiger partial charge in [-0.25, -0.2) is 4.68 Å². The van der Waals surface area contributed by atoms with Gasteiger partial charge < -0.3 is 15.4 Å². The van der Waals surface area contributed by atoms with E-state index in [0.717, 1.165) is 37.7 Å². The Bertz CT molecular complexity index is 661. The van der Waals surface area contributed by atoms with Gasteiger partial charge in [0.2, 0.25) is 0 Å². The highest BCUT2D eigenvalue weighted by Gasteiger charge is 2.17. The lowest BCUT2D eigenvalue weighted by molar-refractivity contribution is 0.155. The summed E-state index contributed by atoms with van der Waals surface area (Å²) in [5.41, 5.74) is 1.31. The molecule has 4 rings (SSSR count). The van der Waals surface area contributed by atoms with Crippen LogP contribution in [0.1, 0.15) is 37.7 Å². The van der Waals surface area contributed by atoms with Crippen molar-refractivity contribution in [3.8, 4) is 5.75 Å². The molecule has 25 heavy (non-hydrogen) atoms. The van der Waals surface area contributed by atoms with Crippen LogP contribution in [0.4, 0.5) is 5.82 Å². The van der Waals surface area contributed by atoms with Crippen LogP contribution in [0.2, 0.25) is 0 Å². The second-order valence-corrected chi connectivity index (χ2v) is 7.30. The van der Waals surface area contributed by atoms with Crippen LogP contribution in [0.3, 0.4) is 0 Å². The highest BCUT2D eigenvalue weighted by atomic mass is 16.5. The van der Waals surface area contributed by atoms with Gasteiger partial charge in [-0.1, -0.05) is 18.6 Å². The van der Waals surface area contributed by atoms with Crippen molar-refractivity contribution in [3.63, 3.8) is 0 Å². The number of hydrogen-bond donors (Lipinski definition) is 2. The molecule has 0 radical (unpaired) electrons. The van der Waals surface area contributed by atoms with Gasteiger partial charge in [-0.15, -0.1) is 0 Å². The molecule has 1 fully saturated rings. The van der Waals surface area contributed by atoms with Crippen LogP contribution in [0.5, 0.6) is 5.75 Å². The molecule has 1 aliphatic carbocycles. The van der Waals surface area contributed by atoms with Crippen molar-refractivity contribution in [2.24, 2.45) is 5.92 Å². The molecule has 1 aromatic heterocycles. The molecule has 2 heterocycles. The van der Waals surface area contributed by atoms with E-state index < -0.39 is 0 Å². The number of rotatable bonds is 6. The fourth-order valence-corrected chi connectivity index (χ4v) is 3.80. The number of nitrogens with one attached hydrogen (secondary N) is 2. The Balaban J connectivity index is 1.21.